The number of hydrogen-bond acceptors (Lipinski definition) is 4. The number of nitrogens with one attached hydrogen (secondary N) is 3. The number of carbonyl (C=O) groups is 2. The van der Waals surface area contributed by atoms with Gasteiger partial charge in [0.05, 0.1) is 30.6 Å². The number of halogens is 1. The molecule has 0 aliphatic heterocycles. The molecule has 3 N–H and O–H groups in total. The molecule has 2 amide bonds. The highest BCUT2D eigenvalue weighted by Crippen LogP contribution is 2.23. The molecule has 0 fully saturated rings. The van der Waals surface area contributed by atoms with Crippen molar-refractivity contribution >= 4 is 40.5 Å². The molecule has 0 aliphatic rings. The fourth-order valence-electron chi connectivity index (χ4n) is 2.68. The van der Waals surface area contributed by atoms with Crippen LogP contribution in [0.5, 0.6) is 5.75 Å². The zero-order valence-electron chi connectivity index (χ0n) is 15.7. The Kier molecular flexibility index (Phi) is 6.71. The van der Waals surface area contributed by atoms with Crippen molar-refractivity contribution in [3.8, 4) is 5.75 Å². The van der Waals surface area contributed by atoms with Gasteiger partial charge < -0.3 is 20.7 Å². The predicted molar refractivity (Wildman–Crippen MR) is 116 cm³/mol. The molecular weight excluding hydrogens is 390 g/mol. The zero-order valence-corrected chi connectivity index (χ0v) is 16.5. The van der Waals surface area contributed by atoms with Gasteiger partial charge in [-0.3, -0.25) is 9.59 Å². The Morgan fingerprint density at radius 2 is 1.52 bits per heavy atom. The molecule has 0 saturated carbocycles. The third kappa shape index (κ3) is 5.49. The summed E-state index contributed by atoms with van der Waals surface area (Å²) in [7, 11) is 1.57. The van der Waals surface area contributed by atoms with Gasteiger partial charge in [0.25, 0.3) is 5.91 Å². The second kappa shape index (κ2) is 9.61. The quantitative estimate of drug-likeness (QED) is 0.530. The fraction of sp³-hybridized carbons (Fsp3) is 0.0909. The number of ether oxygens (including phenoxy) is 1. The molecule has 7 heteroatoms. The van der Waals surface area contributed by atoms with Gasteiger partial charge in [-0.1, -0.05) is 35.9 Å². The normalized spacial score (nSPS) is 10.1. The SMILES string of the molecule is COc1ccccc1NCC(=O)Nc1ccccc1C(=O)Nc1ccc(Cl)cc1. The van der Waals surface area contributed by atoms with E-state index in [1.807, 2.05) is 18.2 Å². The molecule has 0 spiro atoms. The number of rotatable bonds is 7. The van der Waals surface area contributed by atoms with Crippen molar-refractivity contribution < 1.29 is 14.3 Å². The van der Waals surface area contributed by atoms with Gasteiger partial charge in [0.2, 0.25) is 5.91 Å². The third-order valence-electron chi connectivity index (χ3n) is 4.09. The Morgan fingerprint density at radius 1 is 0.862 bits per heavy atom. The van der Waals surface area contributed by atoms with E-state index in [-0.39, 0.29) is 18.4 Å². The van der Waals surface area contributed by atoms with E-state index >= 15 is 0 Å². The summed E-state index contributed by atoms with van der Waals surface area (Å²) in [6, 6.07) is 20.9. The van der Waals surface area contributed by atoms with Crippen LogP contribution >= 0.6 is 11.6 Å². The number of anilines is 3. The van der Waals surface area contributed by atoms with Gasteiger partial charge in [-0.05, 0) is 48.5 Å². The van der Waals surface area contributed by atoms with Crippen LogP contribution in [0.25, 0.3) is 0 Å². The van der Waals surface area contributed by atoms with Crippen LogP contribution in [0, 0.1) is 0 Å². The number of para-hydroxylation sites is 3. The molecule has 29 heavy (non-hydrogen) atoms. The van der Waals surface area contributed by atoms with E-state index in [1.165, 1.54) is 0 Å². The minimum Gasteiger partial charge on any atom is -0.495 e. The van der Waals surface area contributed by atoms with E-state index in [9.17, 15) is 9.59 Å². The number of benzene rings is 3. The van der Waals surface area contributed by atoms with E-state index in [0.29, 0.717) is 33.4 Å². The third-order valence-corrected chi connectivity index (χ3v) is 4.35. The van der Waals surface area contributed by atoms with Gasteiger partial charge in [0.15, 0.2) is 0 Å². The molecule has 3 aromatic rings. The Hall–Kier alpha value is -3.51. The van der Waals surface area contributed by atoms with Crippen LogP contribution in [0.2, 0.25) is 5.02 Å². The van der Waals surface area contributed by atoms with Crippen molar-refractivity contribution in [3.63, 3.8) is 0 Å². The molecule has 0 radical (unpaired) electrons. The fourth-order valence-corrected chi connectivity index (χ4v) is 2.81. The molecule has 0 saturated heterocycles. The first-order chi connectivity index (χ1) is 14.1. The summed E-state index contributed by atoms with van der Waals surface area (Å²) in [6.45, 7) is 0.0213. The van der Waals surface area contributed by atoms with Crippen LogP contribution in [-0.2, 0) is 4.79 Å². The van der Waals surface area contributed by atoms with E-state index in [4.69, 9.17) is 16.3 Å². The smallest absolute Gasteiger partial charge is 0.257 e. The molecule has 3 rings (SSSR count). The van der Waals surface area contributed by atoms with Crippen molar-refractivity contribution in [2.45, 2.75) is 0 Å². The molecule has 3 aromatic carbocycles. The summed E-state index contributed by atoms with van der Waals surface area (Å²) in [5, 5.41) is 9.17. The van der Waals surface area contributed by atoms with Crippen molar-refractivity contribution in [3.05, 3.63) is 83.4 Å². The lowest BCUT2D eigenvalue weighted by Crippen LogP contribution is -2.24. The molecule has 0 bridgehead atoms. The molecule has 0 atom stereocenters. The van der Waals surface area contributed by atoms with Gasteiger partial charge in [-0.2, -0.15) is 0 Å². The average molecular weight is 410 g/mol. The molecule has 0 heterocycles. The molecular formula is C22H20ClN3O3. The summed E-state index contributed by atoms with van der Waals surface area (Å²) >= 11 is 5.87. The lowest BCUT2D eigenvalue weighted by atomic mass is 10.1. The summed E-state index contributed by atoms with van der Waals surface area (Å²) < 4.78 is 5.26. The topological polar surface area (TPSA) is 79.5 Å². The van der Waals surface area contributed by atoms with Crippen LogP contribution < -0.4 is 20.7 Å². The standard InChI is InChI=1S/C22H20ClN3O3/c1-29-20-9-5-4-8-19(20)24-14-21(27)26-18-7-3-2-6-17(18)22(28)25-16-12-10-15(23)11-13-16/h2-13,24H,14H2,1H3,(H,25,28)(H,26,27). The number of hydrogen-bond donors (Lipinski definition) is 3. The largest absolute Gasteiger partial charge is 0.495 e. The van der Waals surface area contributed by atoms with E-state index in [0.717, 1.165) is 0 Å². The molecule has 148 valence electrons. The highest BCUT2D eigenvalue weighted by molar-refractivity contribution is 6.30. The summed E-state index contributed by atoms with van der Waals surface area (Å²) in [4.78, 5) is 25.0. The van der Waals surface area contributed by atoms with Crippen molar-refractivity contribution in [1.82, 2.24) is 0 Å². The Labute approximate surface area is 173 Å². The highest BCUT2D eigenvalue weighted by atomic mass is 35.5. The molecule has 0 unspecified atom stereocenters. The predicted octanol–water partition coefficient (Wildman–Crippen LogP) is 4.65. The Balaban J connectivity index is 1.66. The Morgan fingerprint density at radius 3 is 2.24 bits per heavy atom. The minimum atomic E-state index is -0.332. The lowest BCUT2D eigenvalue weighted by Gasteiger charge is -2.13. The first-order valence-corrected chi connectivity index (χ1v) is 9.27. The highest BCUT2D eigenvalue weighted by Gasteiger charge is 2.14. The second-order valence-electron chi connectivity index (χ2n) is 6.11. The molecule has 0 aromatic heterocycles. The second-order valence-corrected chi connectivity index (χ2v) is 6.55. The molecule has 0 aliphatic carbocycles. The van der Waals surface area contributed by atoms with Crippen LogP contribution in [0.1, 0.15) is 10.4 Å². The lowest BCUT2D eigenvalue weighted by molar-refractivity contribution is -0.114. The average Bonchev–Trinajstić information content (AvgIpc) is 2.74. The van der Waals surface area contributed by atoms with E-state index in [1.54, 1.807) is 61.7 Å². The van der Waals surface area contributed by atoms with Gasteiger partial charge >= 0.3 is 0 Å². The summed E-state index contributed by atoms with van der Waals surface area (Å²) in [6.07, 6.45) is 0. The van der Waals surface area contributed by atoms with Crippen molar-refractivity contribution in [1.29, 1.82) is 0 Å². The van der Waals surface area contributed by atoms with Gasteiger partial charge in [0, 0.05) is 10.7 Å². The van der Waals surface area contributed by atoms with Crippen LogP contribution in [-0.4, -0.2) is 25.5 Å². The van der Waals surface area contributed by atoms with Crippen LogP contribution in [0.4, 0.5) is 17.1 Å². The number of methoxy groups -OCH3 is 1. The maximum absolute atomic E-state index is 12.6. The summed E-state index contributed by atoms with van der Waals surface area (Å²) in [5.74, 6) is 0.0200. The van der Waals surface area contributed by atoms with E-state index in [2.05, 4.69) is 16.0 Å². The van der Waals surface area contributed by atoms with Crippen molar-refractivity contribution in [2.24, 2.45) is 0 Å². The van der Waals surface area contributed by atoms with Crippen LogP contribution in [0.3, 0.4) is 0 Å². The molecule has 6 nitrogen and oxygen atoms in total. The van der Waals surface area contributed by atoms with Crippen molar-refractivity contribution in [2.75, 3.05) is 29.6 Å². The first-order valence-electron chi connectivity index (χ1n) is 8.89. The maximum Gasteiger partial charge on any atom is 0.257 e. The van der Waals surface area contributed by atoms with Gasteiger partial charge in [-0.25, -0.2) is 0 Å². The number of amides is 2. The Bertz CT molecular complexity index is 1010. The van der Waals surface area contributed by atoms with Crippen LogP contribution in [0.15, 0.2) is 72.8 Å². The maximum atomic E-state index is 12.6. The first kappa shape index (κ1) is 20.2. The number of carbonyl (C=O) groups excluding carboxylic acids is 2. The minimum absolute atomic E-state index is 0.0213. The zero-order chi connectivity index (χ0) is 20.6. The summed E-state index contributed by atoms with van der Waals surface area (Å²) in [5.41, 5.74) is 2.09. The monoisotopic (exact) mass is 409 g/mol. The van der Waals surface area contributed by atoms with Gasteiger partial charge in [0.1, 0.15) is 5.75 Å². The van der Waals surface area contributed by atoms with E-state index < -0.39 is 0 Å². The van der Waals surface area contributed by atoms with Gasteiger partial charge in [-0.15, -0.1) is 0 Å².